The van der Waals surface area contributed by atoms with Crippen molar-refractivity contribution in [2.45, 2.75) is 13.5 Å². The molecule has 3 aromatic carbocycles. The first-order valence-electron chi connectivity index (χ1n) is 10.3. The molecule has 7 nitrogen and oxygen atoms in total. The van der Waals surface area contributed by atoms with Gasteiger partial charge in [0.15, 0.2) is 6.61 Å². The van der Waals surface area contributed by atoms with E-state index in [1.807, 2.05) is 61.7 Å². The maximum Gasteiger partial charge on any atom is 0.323 e. The lowest BCUT2D eigenvalue weighted by Gasteiger charge is -2.29. The second-order valence-electron chi connectivity index (χ2n) is 7.75. The first kappa shape index (κ1) is 19.7. The second-order valence-corrected chi connectivity index (χ2v) is 7.75. The Bertz CT molecular complexity index is 1310. The Morgan fingerprint density at radius 2 is 1.91 bits per heavy atom. The van der Waals surface area contributed by atoms with Crippen LogP contribution in [0.25, 0.3) is 10.9 Å². The van der Waals surface area contributed by atoms with Crippen molar-refractivity contribution in [3.63, 3.8) is 0 Å². The first-order chi connectivity index (χ1) is 15.6. The van der Waals surface area contributed by atoms with E-state index in [9.17, 15) is 9.59 Å². The number of fused-ring (bicyclic) bond motifs is 2. The minimum Gasteiger partial charge on any atom is -0.481 e. The molecule has 0 spiro atoms. The van der Waals surface area contributed by atoms with Gasteiger partial charge in [0.25, 0.3) is 5.91 Å². The van der Waals surface area contributed by atoms with Crippen LogP contribution in [-0.4, -0.2) is 23.5 Å². The van der Waals surface area contributed by atoms with Gasteiger partial charge < -0.3 is 25.3 Å². The normalized spacial score (nSPS) is 12.9. The zero-order valence-corrected chi connectivity index (χ0v) is 17.5. The summed E-state index contributed by atoms with van der Waals surface area (Å²) in [5, 5.41) is 6.83. The molecule has 5 rings (SSSR count). The van der Waals surface area contributed by atoms with Crippen molar-refractivity contribution in [1.82, 2.24) is 4.98 Å². The van der Waals surface area contributed by atoms with Crippen molar-refractivity contribution in [1.29, 1.82) is 0 Å². The largest absolute Gasteiger partial charge is 0.481 e. The predicted molar refractivity (Wildman–Crippen MR) is 125 cm³/mol. The number of amides is 3. The van der Waals surface area contributed by atoms with E-state index < -0.39 is 0 Å². The summed E-state index contributed by atoms with van der Waals surface area (Å²) in [6, 6.07) is 20.7. The number of ether oxygens (including phenoxy) is 1. The van der Waals surface area contributed by atoms with Gasteiger partial charge in [-0.3, -0.25) is 4.79 Å². The average molecular weight is 426 g/mol. The Balaban J connectivity index is 1.32. The lowest BCUT2D eigenvalue weighted by molar-refractivity contribution is -0.121. The van der Waals surface area contributed by atoms with Gasteiger partial charge in [0, 0.05) is 29.2 Å². The van der Waals surface area contributed by atoms with Crippen LogP contribution in [0.4, 0.5) is 21.9 Å². The Morgan fingerprint density at radius 1 is 1.06 bits per heavy atom. The van der Waals surface area contributed by atoms with Crippen LogP contribution in [0, 0.1) is 6.92 Å². The molecule has 3 N–H and O–H groups in total. The number of carbonyl (C=O) groups is 2. The Kier molecular flexibility index (Phi) is 4.99. The molecule has 0 bridgehead atoms. The highest BCUT2D eigenvalue weighted by atomic mass is 16.5. The lowest BCUT2D eigenvalue weighted by Crippen LogP contribution is -2.38. The van der Waals surface area contributed by atoms with E-state index in [4.69, 9.17) is 4.74 Å². The van der Waals surface area contributed by atoms with E-state index >= 15 is 0 Å². The van der Waals surface area contributed by atoms with Gasteiger partial charge in [-0.15, -0.1) is 0 Å². The highest BCUT2D eigenvalue weighted by Crippen LogP contribution is 2.35. The number of carbonyl (C=O) groups excluding carboxylic acids is 2. The number of nitrogens with zero attached hydrogens (tertiary/aromatic N) is 1. The third-order valence-corrected chi connectivity index (χ3v) is 5.49. The molecule has 7 heteroatoms. The quantitative estimate of drug-likeness (QED) is 0.427. The minimum absolute atomic E-state index is 0.0369. The number of rotatable bonds is 4. The Hall–Kier alpha value is -4.26. The van der Waals surface area contributed by atoms with Crippen LogP contribution < -0.4 is 20.3 Å². The van der Waals surface area contributed by atoms with Gasteiger partial charge in [-0.2, -0.15) is 0 Å². The van der Waals surface area contributed by atoms with Gasteiger partial charge in [-0.1, -0.05) is 30.3 Å². The molecule has 1 aliphatic rings. The summed E-state index contributed by atoms with van der Waals surface area (Å²) in [6.45, 7) is 2.38. The van der Waals surface area contributed by atoms with Crippen LogP contribution >= 0.6 is 0 Å². The summed E-state index contributed by atoms with van der Waals surface area (Å²) in [5.41, 5.74) is 4.95. The van der Waals surface area contributed by atoms with Crippen LogP contribution in [0.2, 0.25) is 0 Å². The molecule has 0 saturated carbocycles. The van der Waals surface area contributed by atoms with Crippen LogP contribution in [-0.2, 0) is 11.3 Å². The number of aromatic amines is 1. The number of urea groups is 1. The molecular weight excluding hydrogens is 404 g/mol. The van der Waals surface area contributed by atoms with E-state index in [0.29, 0.717) is 23.7 Å². The van der Waals surface area contributed by atoms with E-state index in [2.05, 4.69) is 15.6 Å². The van der Waals surface area contributed by atoms with Crippen molar-refractivity contribution >= 4 is 39.9 Å². The first-order valence-corrected chi connectivity index (χ1v) is 10.3. The molecule has 4 aromatic rings. The number of aryl methyl sites for hydroxylation is 1. The molecule has 32 heavy (non-hydrogen) atoms. The standard InChI is InChI=1S/C25H22N4O3/c1-16-11-18-9-10-26-21(18)13-20(16)28-25(31)27-19-7-8-22-23(12-19)32-15-24(30)29(22)14-17-5-3-2-4-6-17/h2-13,26H,14-15H2,1H3,(H2,27,28,31). The summed E-state index contributed by atoms with van der Waals surface area (Å²) < 4.78 is 5.64. The topological polar surface area (TPSA) is 86.5 Å². The summed E-state index contributed by atoms with van der Waals surface area (Å²) in [7, 11) is 0. The predicted octanol–water partition coefficient (Wildman–Crippen LogP) is 5.05. The highest BCUT2D eigenvalue weighted by molar-refractivity contribution is 6.03. The molecule has 0 fully saturated rings. The maximum atomic E-state index is 12.6. The summed E-state index contributed by atoms with van der Waals surface area (Å²) in [5.74, 6) is 0.456. The number of H-pyrrole nitrogens is 1. The molecule has 1 aromatic heterocycles. The zero-order valence-electron chi connectivity index (χ0n) is 17.5. The summed E-state index contributed by atoms with van der Waals surface area (Å²) >= 11 is 0. The van der Waals surface area contributed by atoms with Crippen molar-refractivity contribution < 1.29 is 14.3 Å². The second kappa shape index (κ2) is 8.11. The molecule has 3 amide bonds. The molecule has 0 aliphatic carbocycles. The smallest absolute Gasteiger partial charge is 0.323 e. The molecule has 0 unspecified atom stereocenters. The number of aromatic nitrogens is 1. The number of anilines is 3. The van der Waals surface area contributed by atoms with Gasteiger partial charge in [0.05, 0.1) is 12.2 Å². The van der Waals surface area contributed by atoms with Crippen LogP contribution in [0.5, 0.6) is 5.75 Å². The highest BCUT2D eigenvalue weighted by Gasteiger charge is 2.26. The van der Waals surface area contributed by atoms with Gasteiger partial charge >= 0.3 is 6.03 Å². The molecule has 0 saturated heterocycles. The molecular formula is C25H22N4O3. The van der Waals surface area contributed by atoms with Gasteiger partial charge in [-0.25, -0.2) is 4.79 Å². The van der Waals surface area contributed by atoms with E-state index in [-0.39, 0.29) is 18.5 Å². The van der Waals surface area contributed by atoms with Gasteiger partial charge in [-0.05, 0) is 53.8 Å². The minimum atomic E-state index is -0.355. The van der Waals surface area contributed by atoms with Crippen molar-refractivity contribution in [2.24, 2.45) is 0 Å². The fourth-order valence-electron chi connectivity index (χ4n) is 3.86. The summed E-state index contributed by atoms with van der Waals surface area (Å²) in [6.07, 6.45) is 1.87. The number of hydrogen-bond acceptors (Lipinski definition) is 3. The number of benzene rings is 3. The van der Waals surface area contributed by atoms with Crippen molar-refractivity contribution in [2.75, 3.05) is 22.1 Å². The fourth-order valence-corrected chi connectivity index (χ4v) is 3.86. The average Bonchev–Trinajstić information content (AvgIpc) is 3.24. The SMILES string of the molecule is Cc1cc2cc[nH]c2cc1NC(=O)Nc1ccc2c(c1)OCC(=O)N2Cc1ccccc1. The van der Waals surface area contributed by atoms with Gasteiger partial charge in [0.2, 0.25) is 0 Å². The van der Waals surface area contributed by atoms with Gasteiger partial charge in [0.1, 0.15) is 5.75 Å². The monoisotopic (exact) mass is 426 g/mol. The molecule has 1 aliphatic heterocycles. The maximum absolute atomic E-state index is 12.6. The van der Waals surface area contributed by atoms with Crippen LogP contribution in [0.3, 0.4) is 0 Å². The van der Waals surface area contributed by atoms with Crippen molar-refractivity contribution in [3.05, 3.63) is 84.1 Å². The zero-order chi connectivity index (χ0) is 22.1. The molecule has 0 atom stereocenters. The number of hydrogen-bond donors (Lipinski definition) is 3. The lowest BCUT2D eigenvalue weighted by atomic mass is 10.1. The van der Waals surface area contributed by atoms with E-state index in [0.717, 1.165) is 27.7 Å². The Labute approximate surface area is 185 Å². The Morgan fingerprint density at radius 3 is 2.75 bits per heavy atom. The number of nitrogens with one attached hydrogen (secondary N) is 3. The molecule has 2 heterocycles. The third-order valence-electron chi connectivity index (χ3n) is 5.49. The molecule has 0 radical (unpaired) electrons. The van der Waals surface area contributed by atoms with Crippen LogP contribution in [0.1, 0.15) is 11.1 Å². The summed E-state index contributed by atoms with van der Waals surface area (Å²) in [4.78, 5) is 29.9. The molecule has 160 valence electrons. The van der Waals surface area contributed by atoms with E-state index in [1.165, 1.54) is 0 Å². The van der Waals surface area contributed by atoms with Crippen LogP contribution in [0.15, 0.2) is 72.9 Å². The van der Waals surface area contributed by atoms with E-state index in [1.54, 1.807) is 23.1 Å². The van der Waals surface area contributed by atoms with Crippen molar-refractivity contribution in [3.8, 4) is 5.75 Å². The fraction of sp³-hybridized carbons (Fsp3) is 0.120. The third kappa shape index (κ3) is 3.88.